The van der Waals surface area contributed by atoms with E-state index in [4.69, 9.17) is 21.4 Å². The van der Waals surface area contributed by atoms with Gasteiger partial charge in [-0.25, -0.2) is 4.68 Å². The molecule has 0 saturated heterocycles. The molecule has 42 heavy (non-hydrogen) atoms. The van der Waals surface area contributed by atoms with Crippen LogP contribution in [0.25, 0.3) is 23.0 Å². The number of hydrogen-bond acceptors (Lipinski definition) is 5. The SMILES string of the molecule is CC1=C(C#N)C(=O)N(Cc2ccccc2Cl)C(=O)/C1=C/c1cn(-c2ccccc2)nc1-c1ccc(OC(C)C)c(C)c1. The summed E-state index contributed by atoms with van der Waals surface area (Å²) in [6, 6.07) is 24.5. The topological polar surface area (TPSA) is 88.2 Å². The predicted molar refractivity (Wildman–Crippen MR) is 163 cm³/mol. The maximum atomic E-state index is 13.9. The number of nitriles is 1. The lowest BCUT2D eigenvalue weighted by molar-refractivity contribution is -0.141. The molecule has 1 aliphatic heterocycles. The smallest absolute Gasteiger partial charge is 0.271 e. The number of aryl methyl sites for hydroxylation is 1. The molecule has 0 radical (unpaired) electrons. The van der Waals surface area contributed by atoms with E-state index in [0.717, 1.165) is 27.5 Å². The van der Waals surface area contributed by atoms with E-state index in [1.54, 1.807) is 41.9 Å². The van der Waals surface area contributed by atoms with Crippen LogP contribution in [0.4, 0.5) is 0 Å². The van der Waals surface area contributed by atoms with Gasteiger partial charge < -0.3 is 4.74 Å². The molecule has 0 atom stereocenters. The molecule has 0 fully saturated rings. The molecule has 1 aromatic heterocycles. The molecule has 8 heteroatoms. The van der Waals surface area contributed by atoms with Crippen LogP contribution in [0.3, 0.4) is 0 Å². The van der Waals surface area contributed by atoms with Gasteiger partial charge in [0.25, 0.3) is 11.8 Å². The maximum Gasteiger partial charge on any atom is 0.271 e. The van der Waals surface area contributed by atoms with Gasteiger partial charge in [0.1, 0.15) is 17.4 Å². The number of hydrogen-bond donors (Lipinski definition) is 0. The number of carbonyl (C=O) groups excluding carboxylic acids is 2. The van der Waals surface area contributed by atoms with Crippen molar-refractivity contribution in [1.82, 2.24) is 14.7 Å². The third-order valence-electron chi connectivity index (χ3n) is 6.99. The molecule has 2 heterocycles. The standard InChI is InChI=1S/C34H29ClN4O3/c1-21(2)42-31-15-14-24(16-22(31)3)32-26(20-39(37-32)27-11-6-5-7-12-27)17-28-23(4)29(18-36)34(41)38(33(28)40)19-25-10-8-9-13-30(25)35/h5-17,20-21H,19H2,1-4H3/b28-17+. The van der Waals surface area contributed by atoms with Gasteiger partial charge in [-0.05, 0) is 86.9 Å². The lowest BCUT2D eigenvalue weighted by atomic mass is 9.93. The van der Waals surface area contributed by atoms with Crippen molar-refractivity contribution in [3.05, 3.63) is 117 Å². The Morgan fingerprint density at radius 2 is 1.71 bits per heavy atom. The zero-order chi connectivity index (χ0) is 30.0. The Morgan fingerprint density at radius 1 is 1.00 bits per heavy atom. The van der Waals surface area contributed by atoms with E-state index >= 15 is 0 Å². The van der Waals surface area contributed by atoms with Crippen molar-refractivity contribution in [3.63, 3.8) is 0 Å². The minimum Gasteiger partial charge on any atom is -0.491 e. The molecule has 1 aliphatic rings. The van der Waals surface area contributed by atoms with E-state index in [1.807, 2.05) is 81.6 Å². The Kier molecular flexibility index (Phi) is 8.10. The number of halogens is 1. The third-order valence-corrected chi connectivity index (χ3v) is 7.35. The summed E-state index contributed by atoms with van der Waals surface area (Å²) < 4.78 is 7.68. The average Bonchev–Trinajstić information content (AvgIpc) is 3.40. The number of ether oxygens (including phenoxy) is 1. The molecule has 0 unspecified atom stereocenters. The Labute approximate surface area is 249 Å². The molecule has 2 amide bonds. The first-order valence-corrected chi connectivity index (χ1v) is 13.9. The van der Waals surface area contributed by atoms with Crippen molar-refractivity contribution in [2.24, 2.45) is 0 Å². The molecule has 4 aromatic rings. The molecule has 7 nitrogen and oxygen atoms in total. The van der Waals surface area contributed by atoms with Gasteiger partial charge in [-0.3, -0.25) is 14.5 Å². The van der Waals surface area contributed by atoms with E-state index in [2.05, 4.69) is 0 Å². The van der Waals surface area contributed by atoms with E-state index < -0.39 is 11.8 Å². The van der Waals surface area contributed by atoms with Crippen LogP contribution < -0.4 is 4.74 Å². The summed E-state index contributed by atoms with van der Waals surface area (Å²) in [7, 11) is 0. The molecule has 0 N–H and O–H groups in total. The maximum absolute atomic E-state index is 13.9. The molecule has 0 aliphatic carbocycles. The fourth-order valence-electron chi connectivity index (χ4n) is 4.84. The van der Waals surface area contributed by atoms with Crippen LogP contribution in [0, 0.1) is 18.3 Å². The van der Waals surface area contributed by atoms with Gasteiger partial charge in [-0.2, -0.15) is 10.4 Å². The van der Waals surface area contributed by atoms with Gasteiger partial charge in [-0.1, -0.05) is 48.0 Å². The zero-order valence-corrected chi connectivity index (χ0v) is 24.5. The highest BCUT2D eigenvalue weighted by Crippen LogP contribution is 2.34. The number of imide groups is 1. The molecule has 0 spiro atoms. The largest absolute Gasteiger partial charge is 0.491 e. The Hall–Kier alpha value is -4.93. The second-order valence-corrected chi connectivity index (χ2v) is 10.7. The van der Waals surface area contributed by atoms with Gasteiger partial charge >= 0.3 is 0 Å². The minimum atomic E-state index is -0.645. The molecule has 210 valence electrons. The number of aromatic nitrogens is 2. The van der Waals surface area contributed by atoms with Crippen molar-refractivity contribution >= 4 is 29.5 Å². The molecule has 0 saturated carbocycles. The van der Waals surface area contributed by atoms with E-state index in [0.29, 0.717) is 27.4 Å². The summed E-state index contributed by atoms with van der Waals surface area (Å²) in [5.41, 5.74) is 4.99. The first kappa shape index (κ1) is 28.6. The van der Waals surface area contributed by atoms with Crippen LogP contribution in [0.15, 0.2) is 95.7 Å². The second-order valence-electron chi connectivity index (χ2n) is 10.3. The summed E-state index contributed by atoms with van der Waals surface area (Å²) in [5, 5.41) is 15.2. The fourth-order valence-corrected chi connectivity index (χ4v) is 5.03. The van der Waals surface area contributed by atoms with Crippen molar-refractivity contribution in [2.75, 3.05) is 0 Å². The summed E-state index contributed by atoms with van der Waals surface area (Å²) in [6.45, 7) is 7.50. The third kappa shape index (κ3) is 5.63. The van der Waals surface area contributed by atoms with Gasteiger partial charge in [0.15, 0.2) is 0 Å². The lowest BCUT2D eigenvalue weighted by Crippen LogP contribution is -2.42. The monoisotopic (exact) mass is 576 g/mol. The fraction of sp³-hybridized carbons (Fsp3) is 0.176. The molecular formula is C34H29ClN4O3. The first-order chi connectivity index (χ1) is 20.2. The average molecular weight is 577 g/mol. The second kappa shape index (κ2) is 11.9. The van der Waals surface area contributed by atoms with E-state index in [9.17, 15) is 14.9 Å². The highest BCUT2D eigenvalue weighted by Gasteiger charge is 2.36. The summed E-state index contributed by atoms with van der Waals surface area (Å²) in [4.78, 5) is 28.2. The van der Waals surface area contributed by atoms with Crippen LogP contribution >= 0.6 is 11.6 Å². The molecular weight excluding hydrogens is 548 g/mol. The lowest BCUT2D eigenvalue weighted by Gasteiger charge is -2.27. The van der Waals surface area contributed by atoms with Crippen molar-refractivity contribution in [2.45, 2.75) is 40.3 Å². The Balaban J connectivity index is 1.65. The van der Waals surface area contributed by atoms with Crippen molar-refractivity contribution in [1.29, 1.82) is 5.26 Å². The van der Waals surface area contributed by atoms with Crippen LogP contribution in [-0.4, -0.2) is 32.6 Å². The van der Waals surface area contributed by atoms with Crippen LogP contribution in [0.2, 0.25) is 5.02 Å². The van der Waals surface area contributed by atoms with Gasteiger partial charge in [0, 0.05) is 27.9 Å². The number of para-hydroxylation sites is 1. The van der Waals surface area contributed by atoms with Crippen LogP contribution in [0.1, 0.15) is 37.5 Å². The number of benzene rings is 3. The highest BCUT2D eigenvalue weighted by molar-refractivity contribution is 6.31. The van der Waals surface area contributed by atoms with Crippen molar-refractivity contribution in [3.8, 4) is 28.8 Å². The normalized spacial score (nSPS) is 14.6. The van der Waals surface area contributed by atoms with E-state index in [-0.39, 0.29) is 23.8 Å². The Bertz CT molecular complexity index is 1790. The van der Waals surface area contributed by atoms with Gasteiger partial charge in [-0.15, -0.1) is 0 Å². The zero-order valence-electron chi connectivity index (χ0n) is 23.8. The van der Waals surface area contributed by atoms with E-state index in [1.165, 1.54) is 0 Å². The number of carbonyl (C=O) groups is 2. The van der Waals surface area contributed by atoms with Gasteiger partial charge in [0.2, 0.25) is 0 Å². The highest BCUT2D eigenvalue weighted by atomic mass is 35.5. The summed E-state index contributed by atoms with van der Waals surface area (Å²) in [5.74, 6) is -0.370. The number of nitrogens with zero attached hydrogens (tertiary/aromatic N) is 4. The number of rotatable bonds is 7. The summed E-state index contributed by atoms with van der Waals surface area (Å²) in [6.07, 6.45) is 3.58. The molecule has 3 aromatic carbocycles. The molecule has 5 rings (SSSR count). The summed E-state index contributed by atoms with van der Waals surface area (Å²) >= 11 is 6.34. The van der Waals surface area contributed by atoms with Gasteiger partial charge in [0.05, 0.1) is 24.0 Å². The predicted octanol–water partition coefficient (Wildman–Crippen LogP) is 7.08. The van der Waals surface area contributed by atoms with Crippen LogP contribution in [0.5, 0.6) is 5.75 Å². The minimum absolute atomic E-state index is 0.0324. The number of amides is 2. The quantitative estimate of drug-likeness (QED) is 0.173. The Morgan fingerprint density at radius 3 is 2.38 bits per heavy atom. The molecule has 0 bridgehead atoms. The van der Waals surface area contributed by atoms with Crippen molar-refractivity contribution < 1.29 is 14.3 Å². The van der Waals surface area contributed by atoms with Crippen LogP contribution in [-0.2, 0) is 16.1 Å². The first-order valence-electron chi connectivity index (χ1n) is 13.5.